The van der Waals surface area contributed by atoms with Crippen molar-refractivity contribution in [3.63, 3.8) is 0 Å². The topological polar surface area (TPSA) is 47.7 Å². The number of likely N-dealkylation sites (tertiary alicyclic amines) is 1. The second-order valence-corrected chi connectivity index (χ2v) is 6.43. The Bertz CT molecular complexity index is 466. The number of anilines is 1. The standard InChI is InChI=1S/C17H26N2O2/c1-19-9-7-13(8-10-19)12-20-15-5-6-16(18)17(11-15)21-14-3-2-4-14/h5-6,11,13-14H,2-4,7-10,12,18H2,1H3. The van der Waals surface area contributed by atoms with E-state index in [1.165, 1.54) is 32.4 Å². The van der Waals surface area contributed by atoms with Crippen LogP contribution in [-0.2, 0) is 0 Å². The van der Waals surface area contributed by atoms with Gasteiger partial charge in [-0.15, -0.1) is 0 Å². The molecule has 0 radical (unpaired) electrons. The molecule has 0 atom stereocenters. The quantitative estimate of drug-likeness (QED) is 0.847. The van der Waals surface area contributed by atoms with Gasteiger partial charge in [-0.1, -0.05) is 0 Å². The Morgan fingerprint density at radius 1 is 1.19 bits per heavy atom. The maximum atomic E-state index is 5.98. The Morgan fingerprint density at radius 3 is 2.62 bits per heavy atom. The van der Waals surface area contributed by atoms with E-state index >= 15 is 0 Å². The number of hydrogen-bond acceptors (Lipinski definition) is 4. The van der Waals surface area contributed by atoms with Crippen molar-refractivity contribution in [1.29, 1.82) is 0 Å². The van der Waals surface area contributed by atoms with E-state index in [0.717, 1.165) is 30.9 Å². The maximum absolute atomic E-state index is 5.98. The van der Waals surface area contributed by atoms with Gasteiger partial charge in [0.25, 0.3) is 0 Å². The zero-order valence-corrected chi connectivity index (χ0v) is 12.9. The summed E-state index contributed by atoms with van der Waals surface area (Å²) in [6.45, 7) is 3.14. The van der Waals surface area contributed by atoms with Gasteiger partial charge < -0.3 is 20.1 Å². The van der Waals surface area contributed by atoms with Crippen LogP contribution in [0.15, 0.2) is 18.2 Å². The Kier molecular flexibility index (Phi) is 4.54. The van der Waals surface area contributed by atoms with Crippen molar-refractivity contribution in [2.75, 3.05) is 32.5 Å². The van der Waals surface area contributed by atoms with Crippen molar-refractivity contribution in [3.05, 3.63) is 18.2 Å². The zero-order valence-electron chi connectivity index (χ0n) is 12.9. The predicted octanol–water partition coefficient (Wildman–Crippen LogP) is 2.92. The van der Waals surface area contributed by atoms with E-state index < -0.39 is 0 Å². The van der Waals surface area contributed by atoms with Gasteiger partial charge >= 0.3 is 0 Å². The fraction of sp³-hybridized carbons (Fsp3) is 0.647. The Morgan fingerprint density at radius 2 is 1.95 bits per heavy atom. The number of ether oxygens (including phenoxy) is 2. The number of nitrogens with zero attached hydrogens (tertiary/aromatic N) is 1. The molecule has 3 rings (SSSR count). The predicted molar refractivity (Wildman–Crippen MR) is 84.8 cm³/mol. The highest BCUT2D eigenvalue weighted by atomic mass is 16.5. The Labute approximate surface area is 127 Å². The average Bonchev–Trinajstić information content (AvgIpc) is 2.45. The Balaban J connectivity index is 1.53. The molecule has 2 aliphatic rings. The van der Waals surface area contributed by atoms with E-state index in [1.807, 2.05) is 18.2 Å². The fourth-order valence-electron chi connectivity index (χ4n) is 2.82. The van der Waals surface area contributed by atoms with Gasteiger partial charge in [-0.3, -0.25) is 0 Å². The highest BCUT2D eigenvalue weighted by Gasteiger charge is 2.21. The van der Waals surface area contributed by atoms with Crippen LogP contribution in [-0.4, -0.2) is 37.7 Å². The lowest BCUT2D eigenvalue weighted by atomic mass is 9.96. The third-order valence-corrected chi connectivity index (χ3v) is 4.65. The minimum Gasteiger partial charge on any atom is -0.493 e. The van der Waals surface area contributed by atoms with Crippen LogP contribution in [0.3, 0.4) is 0 Å². The second kappa shape index (κ2) is 6.56. The number of piperidine rings is 1. The molecule has 0 unspecified atom stereocenters. The van der Waals surface area contributed by atoms with Crippen molar-refractivity contribution in [2.24, 2.45) is 5.92 Å². The molecule has 1 heterocycles. The number of nitrogens with two attached hydrogens (primary N) is 1. The van der Waals surface area contributed by atoms with Crippen molar-refractivity contribution in [2.45, 2.75) is 38.2 Å². The highest BCUT2D eigenvalue weighted by molar-refractivity contribution is 5.55. The van der Waals surface area contributed by atoms with Crippen LogP contribution < -0.4 is 15.2 Å². The summed E-state index contributed by atoms with van der Waals surface area (Å²) in [5.74, 6) is 2.31. The summed E-state index contributed by atoms with van der Waals surface area (Å²) < 4.78 is 11.9. The molecule has 21 heavy (non-hydrogen) atoms. The monoisotopic (exact) mass is 290 g/mol. The highest BCUT2D eigenvalue weighted by Crippen LogP contribution is 2.32. The summed E-state index contributed by atoms with van der Waals surface area (Å²) in [6.07, 6.45) is 6.32. The zero-order chi connectivity index (χ0) is 14.7. The molecule has 2 fully saturated rings. The lowest BCUT2D eigenvalue weighted by molar-refractivity contribution is 0.120. The minimum absolute atomic E-state index is 0.344. The molecule has 0 bridgehead atoms. The van der Waals surface area contributed by atoms with E-state index in [-0.39, 0.29) is 0 Å². The first kappa shape index (κ1) is 14.5. The average molecular weight is 290 g/mol. The first-order valence-corrected chi connectivity index (χ1v) is 8.08. The molecule has 0 amide bonds. The smallest absolute Gasteiger partial charge is 0.146 e. The van der Waals surface area contributed by atoms with Crippen molar-refractivity contribution in [1.82, 2.24) is 4.90 Å². The van der Waals surface area contributed by atoms with Crippen LogP contribution in [0.25, 0.3) is 0 Å². The molecule has 0 spiro atoms. The van der Waals surface area contributed by atoms with Gasteiger partial charge in [0.05, 0.1) is 18.4 Å². The largest absolute Gasteiger partial charge is 0.493 e. The first-order chi connectivity index (χ1) is 10.2. The molecular formula is C17H26N2O2. The summed E-state index contributed by atoms with van der Waals surface area (Å²) in [4.78, 5) is 2.38. The van der Waals surface area contributed by atoms with Crippen molar-refractivity contribution >= 4 is 5.69 Å². The van der Waals surface area contributed by atoms with E-state index in [4.69, 9.17) is 15.2 Å². The molecular weight excluding hydrogens is 264 g/mol. The van der Waals surface area contributed by atoms with E-state index in [1.54, 1.807) is 0 Å². The van der Waals surface area contributed by atoms with Crippen molar-refractivity contribution in [3.8, 4) is 11.5 Å². The fourth-order valence-corrected chi connectivity index (χ4v) is 2.82. The van der Waals surface area contributed by atoms with E-state index in [0.29, 0.717) is 17.7 Å². The lowest BCUT2D eigenvalue weighted by Crippen LogP contribution is -2.32. The third-order valence-electron chi connectivity index (χ3n) is 4.65. The van der Waals surface area contributed by atoms with Gasteiger partial charge in [0.1, 0.15) is 11.5 Å². The van der Waals surface area contributed by atoms with Crippen LogP contribution in [0.1, 0.15) is 32.1 Å². The first-order valence-electron chi connectivity index (χ1n) is 8.08. The molecule has 4 nitrogen and oxygen atoms in total. The molecule has 2 N–H and O–H groups in total. The summed E-state index contributed by atoms with van der Waals surface area (Å²) in [6, 6.07) is 5.78. The summed E-state index contributed by atoms with van der Waals surface area (Å²) >= 11 is 0. The van der Waals surface area contributed by atoms with Crippen LogP contribution >= 0.6 is 0 Å². The summed E-state index contributed by atoms with van der Waals surface area (Å²) in [5.41, 5.74) is 6.69. The molecule has 4 heteroatoms. The Hall–Kier alpha value is -1.42. The van der Waals surface area contributed by atoms with Gasteiger partial charge in [0.2, 0.25) is 0 Å². The molecule has 1 aliphatic heterocycles. The number of rotatable bonds is 5. The molecule has 0 aromatic heterocycles. The SMILES string of the molecule is CN1CCC(COc2ccc(N)c(OC3CCC3)c2)CC1. The molecule has 1 saturated carbocycles. The second-order valence-electron chi connectivity index (χ2n) is 6.43. The van der Waals surface area contributed by atoms with Gasteiger partial charge in [-0.05, 0) is 70.3 Å². The van der Waals surface area contributed by atoms with Crippen LogP contribution in [0.5, 0.6) is 11.5 Å². The third kappa shape index (κ3) is 3.82. The molecule has 1 saturated heterocycles. The molecule has 1 aromatic carbocycles. The van der Waals surface area contributed by atoms with Crippen LogP contribution in [0.2, 0.25) is 0 Å². The van der Waals surface area contributed by atoms with Crippen LogP contribution in [0, 0.1) is 5.92 Å². The van der Waals surface area contributed by atoms with E-state index in [2.05, 4.69) is 11.9 Å². The number of hydrogen-bond donors (Lipinski definition) is 1. The molecule has 1 aromatic rings. The van der Waals surface area contributed by atoms with Crippen LogP contribution in [0.4, 0.5) is 5.69 Å². The number of benzene rings is 1. The maximum Gasteiger partial charge on any atom is 0.146 e. The lowest BCUT2D eigenvalue weighted by Gasteiger charge is -2.29. The van der Waals surface area contributed by atoms with Gasteiger partial charge in [-0.25, -0.2) is 0 Å². The van der Waals surface area contributed by atoms with Gasteiger partial charge in [0, 0.05) is 6.07 Å². The van der Waals surface area contributed by atoms with Gasteiger partial charge in [-0.2, -0.15) is 0 Å². The van der Waals surface area contributed by atoms with E-state index in [9.17, 15) is 0 Å². The summed E-state index contributed by atoms with van der Waals surface area (Å²) in [5, 5.41) is 0. The van der Waals surface area contributed by atoms with Gasteiger partial charge in [0.15, 0.2) is 0 Å². The normalized spacial score (nSPS) is 21.0. The summed E-state index contributed by atoms with van der Waals surface area (Å²) in [7, 11) is 2.18. The van der Waals surface area contributed by atoms with Crippen molar-refractivity contribution < 1.29 is 9.47 Å². The molecule has 116 valence electrons. The number of nitrogen functional groups attached to an aromatic ring is 1. The molecule has 1 aliphatic carbocycles. The minimum atomic E-state index is 0.344.